The molecule has 0 spiro atoms. The lowest BCUT2D eigenvalue weighted by atomic mass is 9.95. The molecule has 1 aliphatic carbocycles. The number of para-hydroxylation sites is 1. The van der Waals surface area contributed by atoms with Crippen LogP contribution in [0.25, 0.3) is 0 Å². The topological polar surface area (TPSA) is 57.6 Å². The number of amides is 2. The van der Waals surface area contributed by atoms with Crippen molar-refractivity contribution in [3.05, 3.63) is 53.3 Å². The molecule has 32 heavy (non-hydrogen) atoms. The number of nitrogens with one attached hydrogen (secondary N) is 1. The second kappa shape index (κ2) is 10.2. The highest BCUT2D eigenvalue weighted by Gasteiger charge is 2.24. The number of rotatable bonds is 6. The Morgan fingerprint density at radius 3 is 2.34 bits per heavy atom. The van der Waals surface area contributed by atoms with Gasteiger partial charge in [0.05, 0.1) is 5.56 Å². The van der Waals surface area contributed by atoms with Crippen LogP contribution < -0.4 is 10.2 Å². The number of benzene rings is 1. The van der Waals surface area contributed by atoms with Gasteiger partial charge in [0.15, 0.2) is 0 Å². The van der Waals surface area contributed by atoms with E-state index in [1.54, 1.807) is 0 Å². The van der Waals surface area contributed by atoms with Crippen molar-refractivity contribution in [3.63, 3.8) is 0 Å². The van der Waals surface area contributed by atoms with E-state index in [-0.39, 0.29) is 11.8 Å². The Morgan fingerprint density at radius 1 is 0.969 bits per heavy atom. The number of nitrogens with zero attached hydrogens (tertiary/aromatic N) is 3. The molecule has 2 aliphatic rings. The van der Waals surface area contributed by atoms with Gasteiger partial charge in [-0.05, 0) is 44.9 Å². The monoisotopic (exact) mass is 436 g/mol. The molecule has 1 aromatic heterocycles. The second-order valence-electron chi connectivity index (χ2n) is 9.16. The van der Waals surface area contributed by atoms with E-state index in [0.29, 0.717) is 19.0 Å². The molecule has 1 N–H and O–H groups in total. The zero-order chi connectivity index (χ0) is 22.5. The molecule has 6 nitrogen and oxygen atoms in total. The number of carbonyl (C=O) groups is 2. The Hall–Kier alpha value is -2.76. The second-order valence-corrected chi connectivity index (χ2v) is 9.16. The minimum atomic E-state index is -0.0677. The van der Waals surface area contributed by atoms with Crippen LogP contribution in [0.15, 0.2) is 36.4 Å². The standard InChI is InChI=1S/C26H36N4O2/c1-20-19-24(21(2)30(20)23-11-7-4-8-12-23)26(32)27-14-13-25(31)29-17-15-28(16-18-29)22-9-5-3-6-10-22/h3,5-6,9-10,19,23H,4,7-8,11-18H2,1-2H3,(H,27,32). The highest BCUT2D eigenvalue weighted by molar-refractivity contribution is 5.96. The van der Waals surface area contributed by atoms with Gasteiger partial charge in [-0.1, -0.05) is 37.5 Å². The van der Waals surface area contributed by atoms with Gasteiger partial charge in [-0.15, -0.1) is 0 Å². The minimum absolute atomic E-state index is 0.0677. The summed E-state index contributed by atoms with van der Waals surface area (Å²) in [5.41, 5.74) is 4.16. The summed E-state index contributed by atoms with van der Waals surface area (Å²) < 4.78 is 2.35. The van der Waals surface area contributed by atoms with Crippen molar-refractivity contribution < 1.29 is 9.59 Å². The van der Waals surface area contributed by atoms with Crippen molar-refractivity contribution in [2.24, 2.45) is 0 Å². The maximum Gasteiger partial charge on any atom is 0.253 e. The fourth-order valence-corrected chi connectivity index (χ4v) is 5.30. The van der Waals surface area contributed by atoms with Crippen LogP contribution in [0.2, 0.25) is 0 Å². The fourth-order valence-electron chi connectivity index (χ4n) is 5.30. The average Bonchev–Trinajstić information content (AvgIpc) is 3.14. The predicted octanol–water partition coefficient (Wildman–Crippen LogP) is 4.08. The normalized spacial score (nSPS) is 17.4. The van der Waals surface area contributed by atoms with Crippen LogP contribution in [0, 0.1) is 13.8 Å². The van der Waals surface area contributed by atoms with Crippen LogP contribution in [-0.4, -0.2) is 54.0 Å². The molecule has 0 bridgehead atoms. The van der Waals surface area contributed by atoms with E-state index in [9.17, 15) is 9.59 Å². The van der Waals surface area contributed by atoms with Gasteiger partial charge < -0.3 is 19.7 Å². The third-order valence-corrected chi connectivity index (χ3v) is 7.05. The molecule has 2 amide bonds. The van der Waals surface area contributed by atoms with E-state index in [2.05, 4.69) is 33.8 Å². The molecule has 6 heteroatoms. The smallest absolute Gasteiger partial charge is 0.253 e. The predicted molar refractivity (Wildman–Crippen MR) is 128 cm³/mol. The number of carbonyl (C=O) groups excluding carboxylic acids is 2. The zero-order valence-electron chi connectivity index (χ0n) is 19.5. The highest BCUT2D eigenvalue weighted by Crippen LogP contribution is 2.32. The lowest BCUT2D eigenvalue weighted by Crippen LogP contribution is -2.49. The van der Waals surface area contributed by atoms with Crippen molar-refractivity contribution in [3.8, 4) is 0 Å². The number of aryl methyl sites for hydroxylation is 1. The quantitative estimate of drug-likeness (QED) is 0.742. The lowest BCUT2D eigenvalue weighted by molar-refractivity contribution is -0.131. The number of hydrogen-bond donors (Lipinski definition) is 1. The van der Waals surface area contributed by atoms with Gasteiger partial charge >= 0.3 is 0 Å². The van der Waals surface area contributed by atoms with Crippen LogP contribution in [0.3, 0.4) is 0 Å². The number of piperazine rings is 1. The van der Waals surface area contributed by atoms with Crippen molar-refractivity contribution in [1.82, 2.24) is 14.8 Å². The van der Waals surface area contributed by atoms with E-state index in [0.717, 1.165) is 43.1 Å². The molecule has 1 aromatic carbocycles. The Morgan fingerprint density at radius 2 is 1.66 bits per heavy atom. The van der Waals surface area contributed by atoms with Gasteiger partial charge in [-0.2, -0.15) is 0 Å². The Bertz CT molecular complexity index is 923. The van der Waals surface area contributed by atoms with Crippen LogP contribution in [0.5, 0.6) is 0 Å². The first-order chi connectivity index (χ1) is 15.5. The van der Waals surface area contributed by atoms with Crippen molar-refractivity contribution >= 4 is 17.5 Å². The first-order valence-electron chi connectivity index (χ1n) is 12.1. The first kappa shape index (κ1) is 22.4. The Balaban J connectivity index is 1.25. The van der Waals surface area contributed by atoms with Crippen LogP contribution >= 0.6 is 0 Å². The molecule has 0 atom stereocenters. The SMILES string of the molecule is Cc1cc(C(=O)NCCC(=O)N2CCN(c3ccccc3)CC2)c(C)n1C1CCCCC1. The third kappa shape index (κ3) is 5.00. The number of aromatic nitrogens is 1. The summed E-state index contributed by atoms with van der Waals surface area (Å²) in [5, 5.41) is 2.98. The molecule has 0 radical (unpaired) electrons. The molecule has 2 aromatic rings. The van der Waals surface area contributed by atoms with Crippen LogP contribution in [0.1, 0.15) is 66.3 Å². The molecule has 1 saturated heterocycles. The van der Waals surface area contributed by atoms with Gasteiger partial charge in [-0.25, -0.2) is 0 Å². The molecule has 1 aliphatic heterocycles. The van der Waals surface area contributed by atoms with Crippen LogP contribution in [0.4, 0.5) is 5.69 Å². The summed E-state index contributed by atoms with van der Waals surface area (Å²) >= 11 is 0. The molecule has 0 unspecified atom stereocenters. The van der Waals surface area contributed by atoms with E-state index >= 15 is 0 Å². The first-order valence-corrected chi connectivity index (χ1v) is 12.1. The molecular formula is C26H36N4O2. The maximum atomic E-state index is 12.8. The van der Waals surface area contributed by atoms with Crippen molar-refractivity contribution in [1.29, 1.82) is 0 Å². The Kier molecular flexibility index (Phi) is 7.18. The van der Waals surface area contributed by atoms with Gasteiger partial charge in [0.25, 0.3) is 5.91 Å². The molecule has 172 valence electrons. The van der Waals surface area contributed by atoms with Gasteiger partial charge in [0.2, 0.25) is 5.91 Å². The summed E-state index contributed by atoms with van der Waals surface area (Å²) in [6.07, 6.45) is 6.60. The molecule has 2 heterocycles. The highest BCUT2D eigenvalue weighted by atomic mass is 16.2. The molecule has 4 rings (SSSR count). The summed E-state index contributed by atoms with van der Waals surface area (Å²) in [6, 6.07) is 12.8. The Labute approximate surface area is 191 Å². The summed E-state index contributed by atoms with van der Waals surface area (Å²) in [6.45, 7) is 7.66. The zero-order valence-corrected chi connectivity index (χ0v) is 19.5. The lowest BCUT2D eigenvalue weighted by Gasteiger charge is -2.36. The van der Waals surface area contributed by atoms with Crippen LogP contribution in [-0.2, 0) is 4.79 Å². The van der Waals surface area contributed by atoms with Crippen molar-refractivity contribution in [2.75, 3.05) is 37.6 Å². The van der Waals surface area contributed by atoms with Crippen molar-refractivity contribution in [2.45, 2.75) is 58.4 Å². The fraction of sp³-hybridized carbons (Fsp3) is 0.538. The average molecular weight is 437 g/mol. The minimum Gasteiger partial charge on any atom is -0.368 e. The molecular weight excluding hydrogens is 400 g/mol. The van der Waals surface area contributed by atoms with Gasteiger partial charge in [0, 0.05) is 62.3 Å². The van der Waals surface area contributed by atoms with E-state index in [1.165, 1.54) is 37.8 Å². The largest absolute Gasteiger partial charge is 0.368 e. The van der Waals surface area contributed by atoms with Gasteiger partial charge in [0.1, 0.15) is 0 Å². The number of anilines is 1. The van der Waals surface area contributed by atoms with E-state index in [1.807, 2.05) is 36.1 Å². The summed E-state index contributed by atoms with van der Waals surface area (Å²) in [4.78, 5) is 29.7. The molecule has 1 saturated carbocycles. The van der Waals surface area contributed by atoms with E-state index in [4.69, 9.17) is 0 Å². The number of hydrogen-bond acceptors (Lipinski definition) is 3. The van der Waals surface area contributed by atoms with Gasteiger partial charge in [-0.3, -0.25) is 9.59 Å². The third-order valence-electron chi connectivity index (χ3n) is 7.05. The summed E-state index contributed by atoms with van der Waals surface area (Å²) in [7, 11) is 0. The maximum absolute atomic E-state index is 12.8. The van der Waals surface area contributed by atoms with E-state index < -0.39 is 0 Å². The molecule has 2 fully saturated rings. The summed E-state index contributed by atoms with van der Waals surface area (Å²) in [5.74, 6) is 0.0487.